The molecule has 5 heteroatoms. The van der Waals surface area contributed by atoms with Gasteiger partial charge >= 0.3 is 0 Å². The van der Waals surface area contributed by atoms with E-state index in [-0.39, 0.29) is 0 Å². The van der Waals surface area contributed by atoms with E-state index in [4.69, 9.17) is 9.15 Å². The lowest BCUT2D eigenvalue weighted by atomic mass is 10.2. The number of nitrogens with zero attached hydrogens (tertiary/aromatic N) is 1. The Morgan fingerprint density at radius 1 is 1.18 bits per heavy atom. The molecule has 0 bridgehead atoms. The first-order valence-electron chi connectivity index (χ1n) is 7.49. The Balaban J connectivity index is 1.85. The van der Waals surface area contributed by atoms with E-state index in [1.165, 1.54) is 0 Å². The number of methoxy groups -OCH3 is 1. The first kappa shape index (κ1) is 15.9. The monoisotopic (exact) mass is 301 g/mol. The fourth-order valence-electron chi connectivity index (χ4n) is 2.00. The molecule has 1 aromatic heterocycles. The van der Waals surface area contributed by atoms with Crippen molar-refractivity contribution in [3.8, 4) is 5.75 Å². The van der Waals surface area contributed by atoms with Gasteiger partial charge in [0.1, 0.15) is 11.5 Å². The van der Waals surface area contributed by atoms with Gasteiger partial charge in [0.25, 0.3) is 0 Å². The minimum absolute atomic E-state index is 0.625. The van der Waals surface area contributed by atoms with Crippen molar-refractivity contribution in [2.24, 2.45) is 4.99 Å². The van der Waals surface area contributed by atoms with Crippen LogP contribution in [0.2, 0.25) is 0 Å². The van der Waals surface area contributed by atoms with E-state index in [1.807, 2.05) is 36.4 Å². The molecule has 5 nitrogen and oxygen atoms in total. The lowest BCUT2D eigenvalue weighted by molar-refractivity contribution is 0.414. The molecule has 0 atom stereocenters. The summed E-state index contributed by atoms with van der Waals surface area (Å²) in [6, 6.07) is 11.8. The molecule has 2 aromatic rings. The van der Waals surface area contributed by atoms with Crippen molar-refractivity contribution < 1.29 is 9.15 Å². The van der Waals surface area contributed by atoms with Crippen LogP contribution in [0.4, 0.5) is 0 Å². The molecule has 0 aliphatic carbocycles. The first-order valence-corrected chi connectivity index (χ1v) is 7.49. The van der Waals surface area contributed by atoms with E-state index in [0.29, 0.717) is 6.54 Å². The largest absolute Gasteiger partial charge is 0.497 e. The quantitative estimate of drug-likeness (QED) is 0.609. The molecule has 0 spiro atoms. The van der Waals surface area contributed by atoms with Crippen LogP contribution in [0, 0.1) is 0 Å². The van der Waals surface area contributed by atoms with Gasteiger partial charge in [-0.3, -0.25) is 0 Å². The number of furan rings is 1. The maximum absolute atomic E-state index is 5.31. The van der Waals surface area contributed by atoms with Gasteiger partial charge in [-0.2, -0.15) is 0 Å². The summed E-state index contributed by atoms with van der Waals surface area (Å²) >= 11 is 0. The number of guanidine groups is 1. The number of hydrogen-bond acceptors (Lipinski definition) is 3. The van der Waals surface area contributed by atoms with Crippen LogP contribution in [0.25, 0.3) is 0 Å². The molecule has 0 aliphatic rings. The number of hydrogen-bond donors (Lipinski definition) is 2. The van der Waals surface area contributed by atoms with Crippen molar-refractivity contribution in [2.45, 2.75) is 19.9 Å². The highest BCUT2D eigenvalue weighted by Gasteiger charge is 2.00. The number of ether oxygens (including phenoxy) is 1. The van der Waals surface area contributed by atoms with Crippen molar-refractivity contribution >= 4 is 5.96 Å². The van der Waals surface area contributed by atoms with Crippen molar-refractivity contribution in [3.05, 3.63) is 54.0 Å². The zero-order valence-corrected chi connectivity index (χ0v) is 13.1. The molecule has 0 aliphatic heterocycles. The van der Waals surface area contributed by atoms with Crippen LogP contribution in [0.1, 0.15) is 18.2 Å². The second-order valence-electron chi connectivity index (χ2n) is 4.80. The molecule has 2 rings (SSSR count). The van der Waals surface area contributed by atoms with E-state index in [9.17, 15) is 0 Å². The third kappa shape index (κ3) is 5.16. The van der Waals surface area contributed by atoms with Crippen LogP contribution >= 0.6 is 0 Å². The van der Waals surface area contributed by atoms with E-state index >= 15 is 0 Å². The zero-order chi connectivity index (χ0) is 15.6. The van der Waals surface area contributed by atoms with Crippen molar-refractivity contribution in [1.82, 2.24) is 10.6 Å². The summed E-state index contributed by atoms with van der Waals surface area (Å²) in [5.74, 6) is 2.64. The molecule has 0 saturated carbocycles. The summed E-state index contributed by atoms with van der Waals surface area (Å²) in [5, 5.41) is 6.55. The molecule has 0 radical (unpaired) electrons. The van der Waals surface area contributed by atoms with Gasteiger partial charge in [0.2, 0.25) is 0 Å². The summed E-state index contributed by atoms with van der Waals surface area (Å²) in [6.45, 7) is 4.29. The topological polar surface area (TPSA) is 58.8 Å². The van der Waals surface area contributed by atoms with Crippen LogP contribution < -0.4 is 15.4 Å². The fraction of sp³-hybridized carbons (Fsp3) is 0.353. The third-order valence-corrected chi connectivity index (χ3v) is 3.17. The molecule has 22 heavy (non-hydrogen) atoms. The maximum Gasteiger partial charge on any atom is 0.191 e. The highest BCUT2D eigenvalue weighted by Crippen LogP contribution is 2.11. The maximum atomic E-state index is 5.31. The van der Waals surface area contributed by atoms with E-state index < -0.39 is 0 Å². The molecule has 0 amide bonds. The van der Waals surface area contributed by atoms with E-state index in [0.717, 1.165) is 42.5 Å². The molecule has 0 fully saturated rings. The van der Waals surface area contributed by atoms with Gasteiger partial charge in [0.05, 0.1) is 19.9 Å². The van der Waals surface area contributed by atoms with Crippen molar-refractivity contribution in [3.63, 3.8) is 0 Å². The van der Waals surface area contributed by atoms with Gasteiger partial charge < -0.3 is 19.8 Å². The van der Waals surface area contributed by atoms with Gasteiger partial charge in [-0.1, -0.05) is 12.1 Å². The van der Waals surface area contributed by atoms with E-state index in [1.54, 1.807) is 13.4 Å². The molecule has 118 valence electrons. The Morgan fingerprint density at radius 3 is 2.64 bits per heavy atom. The second-order valence-corrected chi connectivity index (χ2v) is 4.80. The Morgan fingerprint density at radius 2 is 2.00 bits per heavy atom. The summed E-state index contributed by atoms with van der Waals surface area (Å²) in [5.41, 5.74) is 1.14. The SMILES string of the molecule is CCNC(=NCc1ccc(OC)cc1)NCCc1ccco1. The summed E-state index contributed by atoms with van der Waals surface area (Å²) in [6.07, 6.45) is 2.53. The first-order chi connectivity index (χ1) is 10.8. The summed E-state index contributed by atoms with van der Waals surface area (Å²) < 4.78 is 10.5. The number of nitrogens with one attached hydrogen (secondary N) is 2. The average molecular weight is 301 g/mol. The Bertz CT molecular complexity index is 562. The highest BCUT2D eigenvalue weighted by atomic mass is 16.5. The molecule has 1 heterocycles. The number of rotatable bonds is 7. The third-order valence-electron chi connectivity index (χ3n) is 3.17. The highest BCUT2D eigenvalue weighted by molar-refractivity contribution is 5.79. The molecule has 0 unspecified atom stereocenters. The van der Waals surface area contributed by atoms with Crippen LogP contribution in [0.3, 0.4) is 0 Å². The smallest absolute Gasteiger partial charge is 0.191 e. The Hall–Kier alpha value is -2.43. The van der Waals surface area contributed by atoms with Crippen LogP contribution in [-0.4, -0.2) is 26.2 Å². The van der Waals surface area contributed by atoms with Gasteiger partial charge in [-0.25, -0.2) is 4.99 Å². The second kappa shape index (κ2) is 8.77. The van der Waals surface area contributed by atoms with Crippen LogP contribution in [0.15, 0.2) is 52.1 Å². The Kier molecular flexibility index (Phi) is 6.36. The fourth-order valence-corrected chi connectivity index (χ4v) is 2.00. The normalized spacial score (nSPS) is 11.3. The predicted octanol–water partition coefficient (Wildman–Crippen LogP) is 2.59. The lowest BCUT2D eigenvalue weighted by Crippen LogP contribution is -2.38. The summed E-state index contributed by atoms with van der Waals surface area (Å²) in [7, 11) is 1.67. The summed E-state index contributed by atoms with van der Waals surface area (Å²) in [4.78, 5) is 4.58. The standard InChI is InChI=1S/C17H23N3O2/c1-3-18-17(19-11-10-16-5-4-12-22-16)20-13-14-6-8-15(21-2)9-7-14/h4-9,12H,3,10-11,13H2,1-2H3,(H2,18,19,20). The zero-order valence-electron chi connectivity index (χ0n) is 13.1. The Labute approximate surface area is 131 Å². The molecular weight excluding hydrogens is 278 g/mol. The molecule has 0 saturated heterocycles. The predicted molar refractivity (Wildman–Crippen MR) is 88.2 cm³/mol. The minimum Gasteiger partial charge on any atom is -0.497 e. The molecule has 2 N–H and O–H groups in total. The van der Waals surface area contributed by atoms with Gasteiger partial charge in [-0.05, 0) is 36.8 Å². The number of aliphatic imine (C=N–C) groups is 1. The lowest BCUT2D eigenvalue weighted by Gasteiger charge is -2.10. The number of benzene rings is 1. The van der Waals surface area contributed by atoms with E-state index in [2.05, 4.69) is 22.5 Å². The molecular formula is C17H23N3O2. The minimum atomic E-state index is 0.625. The average Bonchev–Trinajstić information content (AvgIpc) is 3.06. The van der Waals surface area contributed by atoms with Gasteiger partial charge in [0, 0.05) is 19.5 Å². The van der Waals surface area contributed by atoms with Gasteiger partial charge in [-0.15, -0.1) is 0 Å². The molecule has 1 aromatic carbocycles. The van der Waals surface area contributed by atoms with Crippen molar-refractivity contribution in [2.75, 3.05) is 20.2 Å². The van der Waals surface area contributed by atoms with Crippen molar-refractivity contribution in [1.29, 1.82) is 0 Å². The van der Waals surface area contributed by atoms with Gasteiger partial charge in [0.15, 0.2) is 5.96 Å². The van der Waals surface area contributed by atoms with Crippen LogP contribution in [-0.2, 0) is 13.0 Å². The van der Waals surface area contributed by atoms with Crippen LogP contribution in [0.5, 0.6) is 5.75 Å².